The highest BCUT2D eigenvalue weighted by atomic mass is 16.6. The lowest BCUT2D eigenvalue weighted by atomic mass is 9.85. The van der Waals surface area contributed by atoms with Crippen LogP contribution in [-0.2, 0) is 9.53 Å². The van der Waals surface area contributed by atoms with Gasteiger partial charge in [0.2, 0.25) is 0 Å². The van der Waals surface area contributed by atoms with Crippen LogP contribution >= 0.6 is 0 Å². The maximum Gasteiger partial charge on any atom is 0.309 e. The average Bonchev–Trinajstić information content (AvgIpc) is 3.00. The van der Waals surface area contributed by atoms with Crippen LogP contribution in [0, 0.1) is 5.92 Å². The topological polar surface area (TPSA) is 71.7 Å². The zero-order valence-corrected chi connectivity index (χ0v) is 15.2. The van der Waals surface area contributed by atoms with Crippen LogP contribution in [0.3, 0.4) is 0 Å². The molecular formula is C19H31NO4. The van der Waals surface area contributed by atoms with E-state index in [4.69, 9.17) is 9.15 Å². The fourth-order valence-electron chi connectivity index (χ4n) is 3.28. The normalized spacial score (nSPS) is 24.4. The number of aliphatic hydroxyl groups excluding tert-OH is 1. The Hall–Kier alpha value is -1.33. The minimum atomic E-state index is -0.583. The third kappa shape index (κ3) is 5.95. The van der Waals surface area contributed by atoms with Crippen LogP contribution in [0.5, 0.6) is 0 Å². The minimum Gasteiger partial charge on any atom is -0.467 e. The van der Waals surface area contributed by atoms with E-state index in [0.717, 1.165) is 25.7 Å². The smallest absolute Gasteiger partial charge is 0.309 e. The molecule has 24 heavy (non-hydrogen) atoms. The SMILES string of the molecule is CC(CC(O)c1ccco1)NC1CCC(C(=O)OC(C)(C)C)CC1. The zero-order chi connectivity index (χ0) is 17.7. The summed E-state index contributed by atoms with van der Waals surface area (Å²) in [7, 11) is 0. The van der Waals surface area contributed by atoms with E-state index in [1.807, 2.05) is 20.8 Å². The van der Waals surface area contributed by atoms with Gasteiger partial charge in [-0.25, -0.2) is 0 Å². The Morgan fingerprint density at radius 2 is 2.04 bits per heavy atom. The van der Waals surface area contributed by atoms with Gasteiger partial charge in [-0.1, -0.05) is 0 Å². The van der Waals surface area contributed by atoms with E-state index in [0.29, 0.717) is 18.2 Å². The third-order valence-corrected chi connectivity index (χ3v) is 4.44. The first-order valence-corrected chi connectivity index (χ1v) is 8.95. The first kappa shape index (κ1) is 19.0. The van der Waals surface area contributed by atoms with Gasteiger partial charge in [0.05, 0.1) is 12.2 Å². The Labute approximate surface area is 144 Å². The predicted octanol–water partition coefficient (Wildman–Crippen LogP) is 3.58. The summed E-state index contributed by atoms with van der Waals surface area (Å²) < 4.78 is 10.7. The van der Waals surface area contributed by atoms with Crippen LogP contribution in [0.25, 0.3) is 0 Å². The van der Waals surface area contributed by atoms with E-state index in [-0.39, 0.29) is 17.9 Å². The molecule has 2 N–H and O–H groups in total. The van der Waals surface area contributed by atoms with E-state index >= 15 is 0 Å². The summed E-state index contributed by atoms with van der Waals surface area (Å²) in [6, 6.07) is 4.16. The second kappa shape index (κ2) is 8.17. The summed E-state index contributed by atoms with van der Waals surface area (Å²) in [5.41, 5.74) is -0.414. The quantitative estimate of drug-likeness (QED) is 0.776. The minimum absolute atomic E-state index is 0.0197. The number of ether oxygens (including phenoxy) is 1. The molecule has 2 unspecified atom stereocenters. The van der Waals surface area contributed by atoms with Gasteiger partial charge in [-0.3, -0.25) is 4.79 Å². The number of carbonyl (C=O) groups excluding carboxylic acids is 1. The highest BCUT2D eigenvalue weighted by molar-refractivity contribution is 5.73. The molecule has 5 heteroatoms. The highest BCUT2D eigenvalue weighted by Gasteiger charge is 2.30. The van der Waals surface area contributed by atoms with Gasteiger partial charge in [0.1, 0.15) is 17.5 Å². The predicted molar refractivity (Wildman–Crippen MR) is 92.5 cm³/mol. The second-order valence-corrected chi connectivity index (χ2v) is 7.92. The molecule has 1 saturated carbocycles. The molecule has 1 aromatic rings. The lowest BCUT2D eigenvalue weighted by Gasteiger charge is -2.32. The monoisotopic (exact) mass is 337 g/mol. The van der Waals surface area contributed by atoms with E-state index in [2.05, 4.69) is 12.2 Å². The van der Waals surface area contributed by atoms with Crippen molar-refractivity contribution >= 4 is 5.97 Å². The molecule has 0 amide bonds. The molecule has 2 atom stereocenters. The number of rotatable bonds is 6. The maximum atomic E-state index is 12.1. The van der Waals surface area contributed by atoms with Crippen molar-refractivity contribution in [3.05, 3.63) is 24.2 Å². The van der Waals surface area contributed by atoms with Crippen LogP contribution in [0.15, 0.2) is 22.8 Å². The van der Waals surface area contributed by atoms with E-state index in [1.165, 1.54) is 0 Å². The zero-order valence-electron chi connectivity index (χ0n) is 15.2. The maximum absolute atomic E-state index is 12.1. The van der Waals surface area contributed by atoms with Gasteiger partial charge < -0.3 is 19.6 Å². The molecule has 0 aromatic carbocycles. The molecule has 0 saturated heterocycles. The number of furan rings is 1. The van der Waals surface area contributed by atoms with Crippen LogP contribution in [0.1, 0.15) is 71.7 Å². The van der Waals surface area contributed by atoms with Crippen LogP contribution in [-0.4, -0.2) is 28.8 Å². The number of nitrogens with one attached hydrogen (secondary N) is 1. The molecular weight excluding hydrogens is 306 g/mol. The molecule has 0 radical (unpaired) electrons. The number of esters is 1. The molecule has 5 nitrogen and oxygen atoms in total. The largest absolute Gasteiger partial charge is 0.467 e. The van der Waals surface area contributed by atoms with Crippen LogP contribution < -0.4 is 5.32 Å². The first-order chi connectivity index (χ1) is 11.2. The van der Waals surface area contributed by atoms with Gasteiger partial charge in [0.25, 0.3) is 0 Å². The van der Waals surface area contributed by atoms with Crippen molar-refractivity contribution in [1.82, 2.24) is 5.32 Å². The number of hydrogen-bond donors (Lipinski definition) is 2. The lowest BCUT2D eigenvalue weighted by Crippen LogP contribution is -2.41. The van der Waals surface area contributed by atoms with Crippen molar-refractivity contribution in [3.63, 3.8) is 0 Å². The Kier molecular flexibility index (Phi) is 6.47. The summed E-state index contributed by atoms with van der Waals surface area (Å²) in [4.78, 5) is 12.1. The Balaban J connectivity index is 1.71. The van der Waals surface area contributed by atoms with Crippen molar-refractivity contribution in [1.29, 1.82) is 0 Å². The van der Waals surface area contributed by atoms with Crippen LogP contribution in [0.4, 0.5) is 0 Å². The molecule has 1 heterocycles. The molecule has 0 spiro atoms. The molecule has 1 aliphatic rings. The van der Waals surface area contributed by atoms with E-state index < -0.39 is 11.7 Å². The lowest BCUT2D eigenvalue weighted by molar-refractivity contribution is -0.161. The summed E-state index contributed by atoms with van der Waals surface area (Å²) in [5, 5.41) is 13.7. The summed E-state index contributed by atoms with van der Waals surface area (Å²) in [6.07, 6.45) is 5.25. The molecule has 136 valence electrons. The number of carbonyl (C=O) groups is 1. The first-order valence-electron chi connectivity index (χ1n) is 8.95. The van der Waals surface area contributed by atoms with Gasteiger partial charge in [0.15, 0.2) is 0 Å². The summed E-state index contributed by atoms with van der Waals surface area (Å²) >= 11 is 0. The van der Waals surface area contributed by atoms with Gasteiger partial charge in [-0.05, 0) is 71.9 Å². The molecule has 1 fully saturated rings. The van der Waals surface area contributed by atoms with E-state index in [9.17, 15) is 9.90 Å². The average molecular weight is 337 g/mol. The van der Waals surface area contributed by atoms with Crippen molar-refractivity contribution in [2.75, 3.05) is 0 Å². The van der Waals surface area contributed by atoms with Crippen molar-refractivity contribution in [3.8, 4) is 0 Å². The van der Waals surface area contributed by atoms with Gasteiger partial charge in [-0.15, -0.1) is 0 Å². The van der Waals surface area contributed by atoms with Crippen LogP contribution in [0.2, 0.25) is 0 Å². The van der Waals surface area contributed by atoms with E-state index in [1.54, 1.807) is 18.4 Å². The standard InChI is InChI=1S/C19H31NO4/c1-13(12-16(21)17-6-5-11-23-17)20-15-9-7-14(8-10-15)18(22)24-19(2,3)4/h5-6,11,13-16,20-21H,7-10,12H2,1-4H3. The van der Waals surface area contributed by atoms with Crippen molar-refractivity contribution < 1.29 is 19.1 Å². The van der Waals surface area contributed by atoms with Gasteiger partial charge in [-0.2, -0.15) is 0 Å². The Bertz CT molecular complexity index is 498. The molecule has 2 rings (SSSR count). The van der Waals surface area contributed by atoms with Crippen molar-refractivity contribution in [2.45, 2.75) is 83.6 Å². The fraction of sp³-hybridized carbons (Fsp3) is 0.737. The Morgan fingerprint density at radius 3 is 2.58 bits per heavy atom. The van der Waals surface area contributed by atoms with Crippen molar-refractivity contribution in [2.24, 2.45) is 5.92 Å². The fourth-order valence-corrected chi connectivity index (χ4v) is 3.28. The van der Waals surface area contributed by atoms with Gasteiger partial charge >= 0.3 is 5.97 Å². The number of aliphatic hydroxyl groups is 1. The molecule has 0 aliphatic heterocycles. The molecule has 0 bridgehead atoms. The molecule has 1 aromatic heterocycles. The Morgan fingerprint density at radius 1 is 1.38 bits per heavy atom. The molecule has 1 aliphatic carbocycles. The second-order valence-electron chi connectivity index (χ2n) is 7.92. The highest BCUT2D eigenvalue weighted by Crippen LogP contribution is 2.28. The third-order valence-electron chi connectivity index (χ3n) is 4.44. The summed E-state index contributed by atoms with van der Waals surface area (Å²) in [5.74, 6) is 0.561. The number of hydrogen-bond acceptors (Lipinski definition) is 5. The van der Waals surface area contributed by atoms with Gasteiger partial charge in [0, 0.05) is 12.1 Å². The summed E-state index contributed by atoms with van der Waals surface area (Å²) in [6.45, 7) is 7.80.